The maximum Gasteiger partial charge on any atom is 0.309 e. The lowest BCUT2D eigenvalue weighted by molar-refractivity contribution is -0.149. The summed E-state index contributed by atoms with van der Waals surface area (Å²) in [5, 5.41) is 0. The van der Waals surface area contributed by atoms with Crippen LogP contribution in [0.25, 0.3) is 0 Å². The van der Waals surface area contributed by atoms with E-state index >= 15 is 0 Å². The van der Waals surface area contributed by atoms with Gasteiger partial charge in [0.25, 0.3) is 0 Å². The molecule has 0 heterocycles. The van der Waals surface area contributed by atoms with Crippen LogP contribution in [0.2, 0.25) is 0 Å². The van der Waals surface area contributed by atoms with Crippen molar-refractivity contribution in [2.45, 2.75) is 65.2 Å². The number of ketones is 2. The molecule has 3 aliphatic rings. The van der Waals surface area contributed by atoms with Gasteiger partial charge in [0, 0.05) is 11.1 Å². The van der Waals surface area contributed by atoms with Crippen molar-refractivity contribution in [2.24, 2.45) is 11.8 Å². The van der Waals surface area contributed by atoms with E-state index < -0.39 is 11.8 Å². The SMILES string of the molecule is CCOC(=O)C1CCCC=CCCCC(C(=O)OCC)CC2=CC(=O)C(=CC2=O)C1. The fourth-order valence-corrected chi connectivity index (χ4v) is 3.82. The van der Waals surface area contributed by atoms with Gasteiger partial charge in [0.15, 0.2) is 11.6 Å². The number of allylic oxidation sites excluding steroid dienone is 6. The molecule has 0 aromatic carbocycles. The van der Waals surface area contributed by atoms with Crippen LogP contribution in [0.3, 0.4) is 0 Å². The minimum atomic E-state index is -0.448. The summed E-state index contributed by atoms with van der Waals surface area (Å²) in [4.78, 5) is 50.0. The van der Waals surface area contributed by atoms with Crippen molar-refractivity contribution < 1.29 is 28.7 Å². The van der Waals surface area contributed by atoms with Crippen molar-refractivity contribution in [2.75, 3.05) is 13.2 Å². The number of ether oxygens (including phenoxy) is 2. The van der Waals surface area contributed by atoms with Crippen molar-refractivity contribution >= 4 is 23.5 Å². The molecule has 0 fully saturated rings. The number of rotatable bonds is 4. The molecule has 0 amide bonds. The Hall–Kier alpha value is -2.50. The van der Waals surface area contributed by atoms with Crippen molar-refractivity contribution in [3.05, 3.63) is 35.5 Å². The number of hydrogen-bond acceptors (Lipinski definition) is 6. The van der Waals surface area contributed by atoms with Gasteiger partial charge in [-0.2, -0.15) is 0 Å². The first kappa shape index (κ1) is 23.8. The Morgan fingerprint density at radius 1 is 0.800 bits per heavy atom. The van der Waals surface area contributed by atoms with E-state index in [1.807, 2.05) is 0 Å². The fourth-order valence-electron chi connectivity index (χ4n) is 3.82. The minimum Gasteiger partial charge on any atom is -0.466 e. The van der Waals surface area contributed by atoms with Gasteiger partial charge < -0.3 is 9.47 Å². The lowest BCUT2D eigenvalue weighted by Crippen LogP contribution is -2.24. The van der Waals surface area contributed by atoms with Gasteiger partial charge in [0.1, 0.15) is 0 Å². The summed E-state index contributed by atoms with van der Waals surface area (Å²) >= 11 is 0. The highest BCUT2D eigenvalue weighted by molar-refractivity contribution is 6.20. The fraction of sp³-hybridized carbons (Fsp3) is 0.583. The lowest BCUT2D eigenvalue weighted by Gasteiger charge is -2.20. The van der Waals surface area contributed by atoms with Gasteiger partial charge in [0.2, 0.25) is 0 Å². The van der Waals surface area contributed by atoms with Crippen LogP contribution in [0.1, 0.15) is 65.2 Å². The Balaban J connectivity index is 2.25. The van der Waals surface area contributed by atoms with Crippen LogP contribution < -0.4 is 0 Å². The van der Waals surface area contributed by atoms with E-state index in [1.54, 1.807) is 13.8 Å². The first-order valence-electron chi connectivity index (χ1n) is 10.9. The molecule has 0 spiro atoms. The van der Waals surface area contributed by atoms with Crippen molar-refractivity contribution in [3.63, 3.8) is 0 Å². The van der Waals surface area contributed by atoms with Crippen LogP contribution in [0.5, 0.6) is 0 Å². The van der Waals surface area contributed by atoms with E-state index in [-0.39, 0.29) is 49.6 Å². The van der Waals surface area contributed by atoms with Gasteiger partial charge in [-0.3, -0.25) is 19.2 Å². The summed E-state index contributed by atoms with van der Waals surface area (Å²) in [7, 11) is 0. The van der Waals surface area contributed by atoms with E-state index in [4.69, 9.17) is 9.47 Å². The first-order valence-corrected chi connectivity index (χ1v) is 10.9. The Kier molecular flexibility index (Phi) is 9.71. The van der Waals surface area contributed by atoms with Crippen LogP contribution in [0.4, 0.5) is 0 Å². The number of esters is 2. The van der Waals surface area contributed by atoms with Gasteiger partial charge in [0.05, 0.1) is 25.0 Å². The van der Waals surface area contributed by atoms with Gasteiger partial charge in [-0.15, -0.1) is 0 Å². The van der Waals surface area contributed by atoms with E-state index in [0.29, 0.717) is 24.0 Å². The molecule has 0 aliphatic heterocycles. The molecular weight excluding hydrogens is 384 g/mol. The molecule has 0 N–H and O–H groups in total. The summed E-state index contributed by atoms with van der Waals surface area (Å²) in [5.74, 6) is -2.10. The maximum atomic E-state index is 12.7. The van der Waals surface area contributed by atoms with Crippen LogP contribution in [-0.4, -0.2) is 36.7 Å². The van der Waals surface area contributed by atoms with E-state index in [9.17, 15) is 19.2 Å². The topological polar surface area (TPSA) is 86.7 Å². The molecule has 0 saturated carbocycles. The quantitative estimate of drug-likeness (QED) is 0.390. The smallest absolute Gasteiger partial charge is 0.309 e. The average molecular weight is 417 g/mol. The molecule has 6 nitrogen and oxygen atoms in total. The molecule has 0 aromatic heterocycles. The Labute approximate surface area is 178 Å². The summed E-state index contributed by atoms with van der Waals surface area (Å²) in [6.07, 6.45) is 11.7. The highest BCUT2D eigenvalue weighted by atomic mass is 16.5. The number of carbonyl (C=O) groups excluding carboxylic acids is 4. The summed E-state index contributed by atoms with van der Waals surface area (Å²) in [6, 6.07) is 0. The predicted molar refractivity (Wildman–Crippen MR) is 113 cm³/mol. The molecule has 0 aromatic rings. The maximum absolute atomic E-state index is 12.7. The summed E-state index contributed by atoms with van der Waals surface area (Å²) in [5.41, 5.74) is 0.661. The zero-order chi connectivity index (χ0) is 21.9. The largest absolute Gasteiger partial charge is 0.466 e. The first-order chi connectivity index (χ1) is 14.5. The molecule has 30 heavy (non-hydrogen) atoms. The zero-order valence-electron chi connectivity index (χ0n) is 18.0. The van der Waals surface area contributed by atoms with Crippen molar-refractivity contribution in [3.8, 4) is 0 Å². The molecule has 3 rings (SSSR count). The summed E-state index contributed by atoms with van der Waals surface area (Å²) in [6.45, 7) is 4.06. The number of hydrogen-bond donors (Lipinski definition) is 0. The Morgan fingerprint density at radius 2 is 1.20 bits per heavy atom. The average Bonchev–Trinajstić information content (AvgIpc) is 2.70. The van der Waals surface area contributed by atoms with E-state index in [0.717, 1.165) is 25.7 Å². The molecule has 2 bridgehead atoms. The van der Waals surface area contributed by atoms with Gasteiger partial charge in [-0.1, -0.05) is 12.2 Å². The molecular formula is C24H32O6. The molecule has 3 aliphatic carbocycles. The predicted octanol–water partition coefficient (Wildman–Crippen LogP) is 4.04. The second-order valence-corrected chi connectivity index (χ2v) is 7.71. The second-order valence-electron chi connectivity index (χ2n) is 7.71. The van der Waals surface area contributed by atoms with E-state index in [2.05, 4.69) is 12.2 Å². The third-order valence-electron chi connectivity index (χ3n) is 5.43. The third-order valence-corrected chi connectivity index (χ3v) is 5.43. The number of fused-ring (bicyclic) bond motifs is 12. The highest BCUT2D eigenvalue weighted by Crippen LogP contribution is 2.28. The van der Waals surface area contributed by atoms with Crippen LogP contribution in [0.15, 0.2) is 35.5 Å². The molecule has 0 saturated heterocycles. The zero-order valence-corrected chi connectivity index (χ0v) is 18.0. The summed E-state index contributed by atoms with van der Waals surface area (Å²) < 4.78 is 10.3. The van der Waals surface area contributed by atoms with Crippen LogP contribution in [0, 0.1) is 11.8 Å². The van der Waals surface area contributed by atoms with Gasteiger partial charge >= 0.3 is 11.9 Å². The standard InChI is InChI=1S/C24H32O6/c1-3-29-23(27)17-11-9-7-5-6-8-10-12-18(24(28)30-4-2)14-20-16-21(25)19(13-17)15-22(20)26/h5-6,15-18H,3-4,7-14H2,1-2H3. The second kappa shape index (κ2) is 12.3. The van der Waals surface area contributed by atoms with Gasteiger partial charge in [-0.05, 0) is 77.4 Å². The molecule has 6 heteroatoms. The molecule has 0 radical (unpaired) electrons. The molecule has 2 atom stereocenters. The Bertz CT molecular complexity index is 681. The molecule has 2 unspecified atom stereocenters. The van der Waals surface area contributed by atoms with Crippen molar-refractivity contribution in [1.82, 2.24) is 0 Å². The van der Waals surface area contributed by atoms with Crippen molar-refractivity contribution in [1.29, 1.82) is 0 Å². The third kappa shape index (κ3) is 7.08. The number of carbonyl (C=O) groups is 4. The normalized spacial score (nSPS) is 23.5. The van der Waals surface area contributed by atoms with E-state index in [1.165, 1.54) is 12.2 Å². The Morgan fingerprint density at radius 3 is 1.57 bits per heavy atom. The molecule has 164 valence electrons. The lowest BCUT2D eigenvalue weighted by atomic mass is 9.84. The highest BCUT2D eigenvalue weighted by Gasteiger charge is 2.29. The van der Waals surface area contributed by atoms with Gasteiger partial charge in [-0.25, -0.2) is 0 Å². The monoisotopic (exact) mass is 416 g/mol. The minimum absolute atomic E-state index is 0.193. The van der Waals surface area contributed by atoms with Crippen LogP contribution >= 0.6 is 0 Å². The van der Waals surface area contributed by atoms with Crippen LogP contribution in [-0.2, 0) is 28.7 Å².